The first kappa shape index (κ1) is 7.32. The fourth-order valence-electron chi connectivity index (χ4n) is 0.954. The lowest BCUT2D eigenvalue weighted by atomic mass is 10.2. The second kappa shape index (κ2) is 2.86. The van der Waals surface area contributed by atoms with Crippen LogP contribution in [-0.2, 0) is 0 Å². The quantitative estimate of drug-likeness (QED) is 0.453. The van der Waals surface area contributed by atoms with Gasteiger partial charge in [0.2, 0.25) is 0 Å². The van der Waals surface area contributed by atoms with E-state index >= 15 is 0 Å². The molecule has 1 aliphatic carbocycles. The van der Waals surface area contributed by atoms with Crippen molar-refractivity contribution in [3.63, 3.8) is 0 Å². The van der Waals surface area contributed by atoms with E-state index in [0.717, 1.165) is 5.92 Å². The number of hydrogen-bond donors (Lipinski definition) is 1. The fourth-order valence-corrected chi connectivity index (χ4v) is 0.954. The van der Waals surface area contributed by atoms with Crippen LogP contribution in [0.4, 0.5) is 0 Å². The maximum Gasteiger partial charge on any atom is 0.117 e. The average molecular weight is 138 g/mol. The van der Waals surface area contributed by atoms with E-state index in [1.54, 1.807) is 7.05 Å². The standard InChI is InChI=1S/C8H14N2/c1-6(7-3-4-7)5-8(9)10-2/h5,7H,3-4H2,1-2H3,(H2,9,10)/b6-5+. The number of aliphatic imine (C=N–C) groups is 1. The summed E-state index contributed by atoms with van der Waals surface area (Å²) in [5, 5.41) is 0. The van der Waals surface area contributed by atoms with E-state index in [1.807, 2.05) is 6.08 Å². The molecule has 10 heavy (non-hydrogen) atoms. The molecule has 1 rings (SSSR count). The second-order valence-corrected chi connectivity index (χ2v) is 2.81. The SMILES string of the molecule is CN=C(N)/C=C(\C)C1CC1. The van der Waals surface area contributed by atoms with E-state index in [-0.39, 0.29) is 0 Å². The van der Waals surface area contributed by atoms with Crippen molar-refractivity contribution in [3.8, 4) is 0 Å². The van der Waals surface area contributed by atoms with E-state index in [0.29, 0.717) is 5.84 Å². The van der Waals surface area contributed by atoms with Gasteiger partial charge < -0.3 is 5.73 Å². The molecule has 0 radical (unpaired) electrons. The molecule has 56 valence electrons. The van der Waals surface area contributed by atoms with Crippen LogP contribution in [0.25, 0.3) is 0 Å². The molecule has 0 aromatic heterocycles. The summed E-state index contributed by atoms with van der Waals surface area (Å²) < 4.78 is 0. The Labute approximate surface area is 61.8 Å². The Morgan fingerprint density at radius 3 is 2.60 bits per heavy atom. The minimum absolute atomic E-state index is 0.643. The third-order valence-electron chi connectivity index (χ3n) is 1.86. The number of allylic oxidation sites excluding steroid dienone is 1. The number of hydrogen-bond acceptors (Lipinski definition) is 1. The summed E-state index contributed by atoms with van der Waals surface area (Å²) in [6.45, 7) is 2.12. The predicted octanol–water partition coefficient (Wildman–Crippen LogP) is 1.33. The van der Waals surface area contributed by atoms with Gasteiger partial charge in [0, 0.05) is 7.05 Å². The van der Waals surface area contributed by atoms with Gasteiger partial charge in [-0.1, -0.05) is 5.57 Å². The van der Waals surface area contributed by atoms with Gasteiger partial charge >= 0.3 is 0 Å². The molecule has 1 saturated carbocycles. The van der Waals surface area contributed by atoms with Gasteiger partial charge in [-0.15, -0.1) is 0 Å². The third-order valence-corrected chi connectivity index (χ3v) is 1.86. The van der Waals surface area contributed by atoms with Crippen LogP contribution in [0.1, 0.15) is 19.8 Å². The van der Waals surface area contributed by atoms with Crippen molar-refractivity contribution in [1.82, 2.24) is 0 Å². The maximum absolute atomic E-state index is 5.51. The summed E-state index contributed by atoms with van der Waals surface area (Å²) >= 11 is 0. The Morgan fingerprint density at radius 2 is 2.20 bits per heavy atom. The van der Waals surface area contributed by atoms with Crippen LogP contribution in [0.15, 0.2) is 16.6 Å². The van der Waals surface area contributed by atoms with Crippen LogP contribution in [0.5, 0.6) is 0 Å². The van der Waals surface area contributed by atoms with Gasteiger partial charge in [0.05, 0.1) is 0 Å². The van der Waals surface area contributed by atoms with Gasteiger partial charge in [0.25, 0.3) is 0 Å². The lowest BCUT2D eigenvalue weighted by Gasteiger charge is -1.94. The molecule has 2 N–H and O–H groups in total. The molecule has 2 nitrogen and oxygen atoms in total. The third kappa shape index (κ3) is 1.87. The van der Waals surface area contributed by atoms with Crippen LogP contribution in [0.3, 0.4) is 0 Å². The Balaban J connectivity index is 2.51. The maximum atomic E-state index is 5.51. The van der Waals surface area contributed by atoms with E-state index in [9.17, 15) is 0 Å². The minimum Gasteiger partial charge on any atom is -0.384 e. The largest absolute Gasteiger partial charge is 0.384 e. The molecule has 0 spiro atoms. The molecule has 1 aliphatic rings. The highest BCUT2D eigenvalue weighted by Gasteiger charge is 2.22. The Bertz CT molecular complexity index is 176. The Morgan fingerprint density at radius 1 is 1.60 bits per heavy atom. The number of rotatable bonds is 2. The van der Waals surface area contributed by atoms with Gasteiger partial charge in [-0.3, -0.25) is 4.99 Å². The van der Waals surface area contributed by atoms with Crippen molar-refractivity contribution in [3.05, 3.63) is 11.6 Å². The van der Waals surface area contributed by atoms with Crippen molar-refractivity contribution in [1.29, 1.82) is 0 Å². The molecule has 0 atom stereocenters. The molecule has 1 fully saturated rings. The lowest BCUT2D eigenvalue weighted by Crippen LogP contribution is -2.08. The predicted molar refractivity (Wildman–Crippen MR) is 44.0 cm³/mol. The zero-order valence-corrected chi connectivity index (χ0v) is 6.59. The molecule has 2 heteroatoms. The zero-order valence-electron chi connectivity index (χ0n) is 6.59. The van der Waals surface area contributed by atoms with E-state index in [2.05, 4.69) is 11.9 Å². The van der Waals surface area contributed by atoms with Gasteiger partial charge in [-0.05, 0) is 31.8 Å². The van der Waals surface area contributed by atoms with Gasteiger partial charge in [0.15, 0.2) is 0 Å². The van der Waals surface area contributed by atoms with Gasteiger partial charge in [-0.2, -0.15) is 0 Å². The van der Waals surface area contributed by atoms with Crippen LogP contribution in [-0.4, -0.2) is 12.9 Å². The molecule has 0 aromatic rings. The first-order valence-electron chi connectivity index (χ1n) is 3.64. The first-order chi connectivity index (χ1) is 4.74. The average Bonchev–Trinajstić information content (AvgIpc) is 2.68. The smallest absolute Gasteiger partial charge is 0.117 e. The summed E-state index contributed by atoms with van der Waals surface area (Å²) in [6.07, 6.45) is 4.64. The van der Waals surface area contributed by atoms with E-state index in [1.165, 1.54) is 18.4 Å². The van der Waals surface area contributed by atoms with Crippen molar-refractivity contribution in [2.45, 2.75) is 19.8 Å². The van der Waals surface area contributed by atoms with Crippen LogP contribution in [0.2, 0.25) is 0 Å². The van der Waals surface area contributed by atoms with Gasteiger partial charge in [-0.25, -0.2) is 0 Å². The summed E-state index contributed by atoms with van der Waals surface area (Å²) in [6, 6.07) is 0. The second-order valence-electron chi connectivity index (χ2n) is 2.81. The van der Waals surface area contributed by atoms with Crippen molar-refractivity contribution >= 4 is 5.84 Å². The minimum atomic E-state index is 0.643. The molecular weight excluding hydrogens is 124 g/mol. The van der Waals surface area contributed by atoms with Crippen molar-refractivity contribution < 1.29 is 0 Å². The Kier molecular flexibility index (Phi) is 2.10. The van der Waals surface area contributed by atoms with Crippen molar-refractivity contribution in [2.24, 2.45) is 16.6 Å². The molecule has 0 aromatic carbocycles. The highest BCUT2D eigenvalue weighted by atomic mass is 14.8. The van der Waals surface area contributed by atoms with Crippen LogP contribution < -0.4 is 5.73 Å². The molecule has 0 unspecified atom stereocenters. The summed E-state index contributed by atoms with van der Waals surface area (Å²) in [4.78, 5) is 3.86. The number of amidine groups is 1. The van der Waals surface area contributed by atoms with Crippen LogP contribution >= 0.6 is 0 Å². The summed E-state index contributed by atoms with van der Waals surface area (Å²) in [5.74, 6) is 1.45. The zero-order chi connectivity index (χ0) is 7.56. The Hall–Kier alpha value is -0.790. The van der Waals surface area contributed by atoms with Crippen molar-refractivity contribution in [2.75, 3.05) is 7.05 Å². The van der Waals surface area contributed by atoms with Crippen LogP contribution in [0, 0.1) is 5.92 Å². The first-order valence-corrected chi connectivity index (χ1v) is 3.64. The molecular formula is C8H14N2. The molecule has 0 heterocycles. The topological polar surface area (TPSA) is 38.4 Å². The lowest BCUT2D eigenvalue weighted by molar-refractivity contribution is 1.01. The van der Waals surface area contributed by atoms with E-state index < -0.39 is 0 Å². The molecule has 0 aliphatic heterocycles. The van der Waals surface area contributed by atoms with E-state index in [4.69, 9.17) is 5.73 Å². The molecule has 0 bridgehead atoms. The summed E-state index contributed by atoms with van der Waals surface area (Å²) in [7, 11) is 1.71. The monoisotopic (exact) mass is 138 g/mol. The van der Waals surface area contributed by atoms with Gasteiger partial charge in [0.1, 0.15) is 5.84 Å². The molecule has 0 saturated heterocycles. The highest BCUT2D eigenvalue weighted by molar-refractivity contribution is 5.91. The highest BCUT2D eigenvalue weighted by Crippen LogP contribution is 2.35. The molecule has 0 amide bonds. The summed E-state index contributed by atoms with van der Waals surface area (Å²) in [5.41, 5.74) is 6.89. The number of nitrogens with zero attached hydrogens (tertiary/aromatic N) is 1. The number of nitrogens with two attached hydrogens (primary N) is 1. The fraction of sp³-hybridized carbons (Fsp3) is 0.625. The normalized spacial score (nSPS) is 21.4.